The minimum Gasteiger partial charge on any atom is -0.480 e. The number of hydrogen-bond acceptors (Lipinski definition) is 11. The molecule has 0 amide bonds. The van der Waals surface area contributed by atoms with Crippen LogP contribution in [0.4, 0.5) is 5.69 Å². The van der Waals surface area contributed by atoms with Crippen molar-refractivity contribution in [1.82, 2.24) is 30.2 Å². The van der Waals surface area contributed by atoms with Crippen molar-refractivity contribution in [3.63, 3.8) is 0 Å². The topological polar surface area (TPSA) is 159 Å². The van der Waals surface area contributed by atoms with E-state index >= 15 is 0 Å². The zero-order chi connectivity index (χ0) is 31.4. The van der Waals surface area contributed by atoms with Gasteiger partial charge in [0.25, 0.3) is 0 Å². The molecule has 1 N–H and O–H groups in total. The molecule has 44 heavy (non-hydrogen) atoms. The van der Waals surface area contributed by atoms with Crippen LogP contribution >= 0.6 is 0 Å². The van der Waals surface area contributed by atoms with E-state index in [-0.39, 0.29) is 34.9 Å². The van der Waals surface area contributed by atoms with Crippen LogP contribution in [0.3, 0.4) is 0 Å². The van der Waals surface area contributed by atoms with Gasteiger partial charge in [-0.25, -0.2) is 33.3 Å². The molecule has 2 aliphatic rings. The minimum absolute atomic E-state index is 0.00971. The van der Waals surface area contributed by atoms with Crippen LogP contribution in [0.2, 0.25) is 0 Å². The van der Waals surface area contributed by atoms with Gasteiger partial charge in [0.1, 0.15) is 17.6 Å². The Kier molecular flexibility index (Phi) is 9.45. The highest BCUT2D eigenvalue weighted by molar-refractivity contribution is 7.91. The van der Waals surface area contributed by atoms with E-state index in [0.717, 1.165) is 37.0 Å². The first-order valence-electron chi connectivity index (χ1n) is 14.6. The number of sulfone groups is 1. The molecule has 13 heteroatoms. The Hall–Kier alpha value is -4.10. The summed E-state index contributed by atoms with van der Waals surface area (Å²) in [6, 6.07) is 3.12. The number of nitrogens with one attached hydrogen (secondary N) is 1. The van der Waals surface area contributed by atoms with Crippen LogP contribution in [0.25, 0.3) is 17.5 Å². The van der Waals surface area contributed by atoms with Gasteiger partial charge in [0.2, 0.25) is 5.88 Å². The van der Waals surface area contributed by atoms with Gasteiger partial charge in [-0.1, -0.05) is 12.5 Å². The number of aromatic nitrogens is 5. The number of amidine groups is 1. The van der Waals surface area contributed by atoms with Crippen LogP contribution in [0.15, 0.2) is 46.3 Å². The summed E-state index contributed by atoms with van der Waals surface area (Å²) in [5.74, 6) is 1.29. The van der Waals surface area contributed by atoms with Gasteiger partial charge in [0.05, 0.1) is 53.7 Å². The third kappa shape index (κ3) is 6.99. The van der Waals surface area contributed by atoms with Gasteiger partial charge in [-0.15, -0.1) is 0 Å². The molecule has 0 aliphatic heterocycles. The highest BCUT2D eigenvalue weighted by Gasteiger charge is 2.32. The van der Waals surface area contributed by atoms with Gasteiger partial charge in [0, 0.05) is 26.1 Å². The Balaban J connectivity index is 1.50. The smallest absolute Gasteiger partial charge is 0.227 e. The first-order chi connectivity index (χ1) is 21.1. The fourth-order valence-electron chi connectivity index (χ4n) is 4.98. The number of carbonyl (C=O) groups is 1. The molecule has 3 aromatic rings. The monoisotopic (exact) mass is 619 g/mol. The number of carbonyl (C=O) groups excluding carboxylic acids is 1. The van der Waals surface area contributed by atoms with E-state index in [0.29, 0.717) is 46.2 Å². The molecule has 0 unspecified atom stereocenters. The van der Waals surface area contributed by atoms with E-state index in [4.69, 9.17) is 14.5 Å². The predicted octanol–water partition coefficient (Wildman–Crippen LogP) is 4.25. The lowest BCUT2D eigenvalue weighted by Gasteiger charge is -2.34. The third-order valence-corrected chi connectivity index (χ3v) is 9.72. The Morgan fingerprint density at radius 2 is 1.86 bits per heavy atom. The number of allylic oxidation sites excluding steroid dienone is 1. The lowest BCUT2D eigenvalue weighted by atomic mass is 9.77. The van der Waals surface area contributed by atoms with E-state index in [1.807, 2.05) is 6.08 Å². The van der Waals surface area contributed by atoms with Gasteiger partial charge in [-0.05, 0) is 56.7 Å². The van der Waals surface area contributed by atoms with Crippen molar-refractivity contribution in [1.29, 1.82) is 0 Å². The van der Waals surface area contributed by atoms with Crippen LogP contribution in [0.1, 0.15) is 69.5 Å². The van der Waals surface area contributed by atoms with Gasteiger partial charge in [-0.2, -0.15) is 0 Å². The molecule has 232 valence electrons. The van der Waals surface area contributed by atoms with Crippen LogP contribution < -0.4 is 10.1 Å². The lowest BCUT2D eigenvalue weighted by molar-refractivity contribution is -0.111. The fourth-order valence-corrected chi connectivity index (χ4v) is 5.80. The van der Waals surface area contributed by atoms with E-state index in [1.54, 1.807) is 33.4 Å². The zero-order valence-corrected chi connectivity index (χ0v) is 26.4. The summed E-state index contributed by atoms with van der Waals surface area (Å²) in [4.78, 5) is 40.1. The second-order valence-corrected chi connectivity index (χ2v) is 13.3. The Labute approximate surface area is 257 Å². The number of rotatable bonds is 12. The normalized spacial score (nSPS) is 18.9. The van der Waals surface area contributed by atoms with Crippen LogP contribution in [0.5, 0.6) is 5.88 Å². The van der Waals surface area contributed by atoms with Gasteiger partial charge < -0.3 is 14.8 Å². The molecule has 3 heterocycles. The standard InChI is InChI=1S/C31H37N7O5S/c1-6-44(40,41)24-10-9-22(32-15-24)14-33-29(19(3)39)38-26-16-34-30(27-28(20-7-8-20)35-17-36-31(27)43-5)37-25(26)11-18(2)21-12-23(13-21)42-4/h9-11,15-17,20-21,23H,6-8,12-14H2,1-5H3,(H,33,38)/b18-11-/t21-,23+. The molecule has 3 aromatic heterocycles. The predicted molar refractivity (Wildman–Crippen MR) is 165 cm³/mol. The van der Waals surface area contributed by atoms with Crippen molar-refractivity contribution in [2.24, 2.45) is 10.9 Å². The van der Waals surface area contributed by atoms with Crippen molar-refractivity contribution in [2.75, 3.05) is 20.0 Å². The average molecular weight is 620 g/mol. The van der Waals surface area contributed by atoms with E-state index in [1.165, 1.54) is 25.5 Å². The number of ketones is 1. The fraction of sp³-hybridized carbons (Fsp3) is 0.452. The maximum absolute atomic E-state index is 12.7. The molecule has 0 saturated heterocycles. The Bertz CT molecular complexity index is 1700. The van der Waals surface area contributed by atoms with Gasteiger partial charge in [-0.3, -0.25) is 9.78 Å². The van der Waals surface area contributed by atoms with E-state index in [9.17, 15) is 13.2 Å². The second-order valence-electron chi connectivity index (χ2n) is 11.1. The number of hydrogen-bond donors (Lipinski definition) is 1. The number of pyridine rings is 1. The quantitative estimate of drug-likeness (QED) is 0.228. The number of Topliss-reactive ketones (excluding diaryl/α,β-unsaturated/α-hetero) is 1. The highest BCUT2D eigenvalue weighted by atomic mass is 32.2. The van der Waals surface area contributed by atoms with Crippen molar-refractivity contribution < 1.29 is 22.7 Å². The second kappa shape index (κ2) is 13.3. The maximum Gasteiger partial charge on any atom is 0.227 e. The summed E-state index contributed by atoms with van der Waals surface area (Å²) in [7, 11) is -0.0729. The van der Waals surface area contributed by atoms with Crippen molar-refractivity contribution in [3.05, 3.63) is 53.5 Å². The molecule has 0 aromatic carbocycles. The molecule has 12 nitrogen and oxygen atoms in total. The Morgan fingerprint density at radius 1 is 1.09 bits per heavy atom. The molecule has 0 atom stereocenters. The molecule has 0 spiro atoms. The largest absolute Gasteiger partial charge is 0.480 e. The van der Waals surface area contributed by atoms with Crippen molar-refractivity contribution >= 4 is 33.2 Å². The van der Waals surface area contributed by atoms with Crippen molar-refractivity contribution in [2.45, 2.75) is 69.9 Å². The van der Waals surface area contributed by atoms with E-state index in [2.05, 4.69) is 37.2 Å². The summed E-state index contributed by atoms with van der Waals surface area (Å²) >= 11 is 0. The van der Waals surface area contributed by atoms with Gasteiger partial charge in [0.15, 0.2) is 27.3 Å². The number of ether oxygens (including phenoxy) is 2. The SMILES string of the molecule is CCS(=O)(=O)c1ccc(CN/C(=N/c2cnc(-c3c(OC)ncnc3C3CC3)nc2/C=C(/C)[C@H]2C[C@@H](OC)C2)C(C)=O)nc1. The summed E-state index contributed by atoms with van der Waals surface area (Å²) in [5.41, 5.74) is 4.16. The molecule has 0 radical (unpaired) electrons. The minimum atomic E-state index is -3.36. The molecule has 5 rings (SSSR count). The summed E-state index contributed by atoms with van der Waals surface area (Å²) in [6.07, 6.45) is 10.6. The average Bonchev–Trinajstić information content (AvgIpc) is 3.84. The zero-order valence-electron chi connectivity index (χ0n) is 25.6. The van der Waals surface area contributed by atoms with Crippen LogP contribution in [0, 0.1) is 5.92 Å². The van der Waals surface area contributed by atoms with E-state index < -0.39 is 9.84 Å². The summed E-state index contributed by atoms with van der Waals surface area (Å²) in [5, 5.41) is 3.05. The maximum atomic E-state index is 12.7. The first kappa shape index (κ1) is 31.3. The number of nitrogens with zero attached hydrogens (tertiary/aromatic N) is 6. The number of aliphatic imine (C=N–C) groups is 1. The molecular weight excluding hydrogens is 582 g/mol. The Morgan fingerprint density at radius 3 is 2.48 bits per heavy atom. The summed E-state index contributed by atoms with van der Waals surface area (Å²) in [6.45, 7) is 5.23. The molecule has 2 aliphatic carbocycles. The van der Waals surface area contributed by atoms with Gasteiger partial charge >= 0.3 is 0 Å². The molecule has 2 saturated carbocycles. The highest BCUT2D eigenvalue weighted by Crippen LogP contribution is 2.45. The third-order valence-electron chi connectivity index (χ3n) is 8.00. The molecule has 2 fully saturated rings. The molecular formula is C31H37N7O5S. The first-order valence-corrected chi connectivity index (χ1v) is 16.3. The van der Waals surface area contributed by atoms with Crippen LogP contribution in [-0.2, 0) is 25.9 Å². The number of methoxy groups -OCH3 is 2. The summed E-state index contributed by atoms with van der Waals surface area (Å²) < 4.78 is 35.3. The lowest BCUT2D eigenvalue weighted by Crippen LogP contribution is -2.30. The van der Waals surface area contributed by atoms with Crippen molar-refractivity contribution in [3.8, 4) is 17.3 Å². The van der Waals surface area contributed by atoms with Crippen LogP contribution in [-0.4, -0.2) is 71.0 Å². The molecule has 0 bridgehead atoms.